The van der Waals surface area contributed by atoms with Crippen LogP contribution in [0, 0.1) is 0 Å². The maximum atomic E-state index is 13.8. The van der Waals surface area contributed by atoms with Crippen LogP contribution in [0.5, 0.6) is 11.5 Å². The van der Waals surface area contributed by atoms with E-state index < -0.39 is 0 Å². The molecular formula is C29H35N3O4S. The Morgan fingerprint density at radius 3 is 2.24 bits per heavy atom. The van der Waals surface area contributed by atoms with Gasteiger partial charge in [0.25, 0.3) is 0 Å². The van der Waals surface area contributed by atoms with E-state index in [1.165, 1.54) is 0 Å². The van der Waals surface area contributed by atoms with Crippen LogP contribution in [0.25, 0.3) is 0 Å². The lowest BCUT2D eigenvalue weighted by atomic mass is 9.94. The van der Waals surface area contributed by atoms with Crippen molar-refractivity contribution in [3.05, 3.63) is 76.5 Å². The monoisotopic (exact) mass is 521 g/mol. The average molecular weight is 522 g/mol. The lowest BCUT2D eigenvalue weighted by molar-refractivity contribution is -0.133. The molecule has 1 N–H and O–H groups in total. The Morgan fingerprint density at radius 1 is 0.919 bits per heavy atom. The highest BCUT2D eigenvalue weighted by molar-refractivity contribution is 7.09. The molecule has 0 bridgehead atoms. The summed E-state index contributed by atoms with van der Waals surface area (Å²) in [5.41, 5.74) is 1.62. The molecule has 0 unspecified atom stereocenters. The normalized spacial score (nSPS) is 13.6. The minimum Gasteiger partial charge on any atom is -0.497 e. The number of amides is 3. The first-order valence-electron chi connectivity index (χ1n) is 12.7. The van der Waals surface area contributed by atoms with E-state index in [2.05, 4.69) is 5.32 Å². The van der Waals surface area contributed by atoms with Gasteiger partial charge in [0.05, 0.1) is 20.8 Å². The van der Waals surface area contributed by atoms with Crippen molar-refractivity contribution in [2.75, 3.05) is 26.1 Å². The second-order valence-electron chi connectivity index (χ2n) is 9.27. The first-order chi connectivity index (χ1) is 18.1. The Labute approximate surface area is 223 Å². The van der Waals surface area contributed by atoms with Gasteiger partial charge in [-0.25, -0.2) is 4.79 Å². The van der Waals surface area contributed by atoms with Crippen LogP contribution in [0.15, 0.2) is 66.0 Å². The summed E-state index contributed by atoms with van der Waals surface area (Å²) in [6, 6.07) is 19.0. The zero-order valence-corrected chi connectivity index (χ0v) is 22.3. The third-order valence-corrected chi connectivity index (χ3v) is 7.54. The number of hydrogen-bond acceptors (Lipinski definition) is 5. The van der Waals surface area contributed by atoms with Crippen LogP contribution in [0.1, 0.15) is 42.5 Å². The summed E-state index contributed by atoms with van der Waals surface area (Å²) in [6.45, 7) is 1.03. The molecule has 0 aliphatic heterocycles. The molecule has 1 fully saturated rings. The standard InChI is InChI=1S/C29H35N3O4S/c1-35-25-16-23(17-26(18-25)36-2)30-29(34)32(24-12-7-4-8-13-24)21-28(33)31(20-27-14-9-15-37-27)19-22-10-5-3-6-11-22/h3,5-6,9-11,14-18,24H,4,7-8,12-13,19-21H2,1-2H3,(H,30,34). The molecule has 3 aromatic rings. The van der Waals surface area contributed by atoms with E-state index in [9.17, 15) is 9.59 Å². The number of carbonyl (C=O) groups excluding carboxylic acids is 2. The van der Waals surface area contributed by atoms with Crippen molar-refractivity contribution in [3.63, 3.8) is 0 Å². The topological polar surface area (TPSA) is 71.1 Å². The lowest BCUT2D eigenvalue weighted by Crippen LogP contribution is -2.49. The van der Waals surface area contributed by atoms with Crippen LogP contribution in [0.3, 0.4) is 0 Å². The molecule has 1 heterocycles. The fourth-order valence-corrected chi connectivity index (χ4v) is 5.43. The number of nitrogens with one attached hydrogen (secondary N) is 1. The third-order valence-electron chi connectivity index (χ3n) is 6.68. The molecule has 2 aromatic carbocycles. The number of methoxy groups -OCH3 is 2. The lowest BCUT2D eigenvalue weighted by Gasteiger charge is -2.35. The van der Waals surface area contributed by atoms with E-state index in [1.54, 1.807) is 48.7 Å². The van der Waals surface area contributed by atoms with Crippen molar-refractivity contribution < 1.29 is 19.1 Å². The van der Waals surface area contributed by atoms with Crippen molar-refractivity contribution in [3.8, 4) is 11.5 Å². The summed E-state index contributed by atoms with van der Waals surface area (Å²) >= 11 is 1.63. The van der Waals surface area contributed by atoms with Gasteiger partial charge in [-0.3, -0.25) is 4.79 Å². The Bertz CT molecular complexity index is 1120. The van der Waals surface area contributed by atoms with Gasteiger partial charge < -0.3 is 24.6 Å². The molecule has 8 heteroatoms. The van der Waals surface area contributed by atoms with Gasteiger partial charge in [-0.2, -0.15) is 0 Å². The first kappa shape index (κ1) is 26.5. The Balaban J connectivity index is 1.55. The van der Waals surface area contributed by atoms with Crippen LogP contribution < -0.4 is 14.8 Å². The van der Waals surface area contributed by atoms with Gasteiger partial charge in [0, 0.05) is 41.4 Å². The van der Waals surface area contributed by atoms with Crippen LogP contribution in [0.4, 0.5) is 10.5 Å². The molecule has 1 saturated carbocycles. The second kappa shape index (κ2) is 13.1. The van der Waals surface area contributed by atoms with Gasteiger partial charge in [-0.05, 0) is 29.9 Å². The van der Waals surface area contributed by atoms with Gasteiger partial charge in [-0.15, -0.1) is 11.3 Å². The number of anilines is 1. The minimum atomic E-state index is -0.286. The molecule has 0 saturated heterocycles. The van der Waals surface area contributed by atoms with Crippen molar-refractivity contribution in [2.45, 2.75) is 51.2 Å². The maximum Gasteiger partial charge on any atom is 0.322 e. The molecule has 0 radical (unpaired) electrons. The summed E-state index contributed by atoms with van der Waals surface area (Å²) in [6.07, 6.45) is 5.06. The highest BCUT2D eigenvalue weighted by Gasteiger charge is 2.29. The fraction of sp³-hybridized carbons (Fsp3) is 0.379. The van der Waals surface area contributed by atoms with Crippen molar-refractivity contribution in [1.29, 1.82) is 0 Å². The van der Waals surface area contributed by atoms with Gasteiger partial charge >= 0.3 is 6.03 Å². The van der Waals surface area contributed by atoms with Crippen LogP contribution in [0.2, 0.25) is 0 Å². The number of thiophene rings is 1. The SMILES string of the molecule is COc1cc(NC(=O)N(CC(=O)N(Cc2ccccc2)Cc2cccs2)C2CCCCC2)cc(OC)c1. The number of carbonyl (C=O) groups is 2. The molecule has 37 heavy (non-hydrogen) atoms. The molecule has 7 nitrogen and oxygen atoms in total. The molecule has 196 valence electrons. The number of rotatable bonds is 10. The third kappa shape index (κ3) is 7.49. The van der Waals surface area contributed by atoms with E-state index in [-0.39, 0.29) is 24.5 Å². The van der Waals surface area contributed by atoms with Gasteiger partial charge in [-0.1, -0.05) is 55.7 Å². The second-order valence-corrected chi connectivity index (χ2v) is 10.3. The highest BCUT2D eigenvalue weighted by atomic mass is 32.1. The predicted molar refractivity (Wildman–Crippen MR) is 147 cm³/mol. The van der Waals surface area contributed by atoms with E-state index in [4.69, 9.17) is 9.47 Å². The van der Waals surface area contributed by atoms with Crippen LogP contribution >= 0.6 is 11.3 Å². The quantitative estimate of drug-likeness (QED) is 0.347. The van der Waals surface area contributed by atoms with Crippen LogP contribution in [-0.2, 0) is 17.9 Å². The number of ether oxygens (including phenoxy) is 2. The van der Waals surface area contributed by atoms with Crippen LogP contribution in [-0.4, -0.2) is 48.5 Å². The predicted octanol–water partition coefficient (Wildman–Crippen LogP) is 6.16. The van der Waals surface area contributed by atoms with E-state index in [0.29, 0.717) is 30.3 Å². The number of urea groups is 1. The Kier molecular flexibility index (Phi) is 9.43. The largest absolute Gasteiger partial charge is 0.497 e. The molecule has 1 aliphatic carbocycles. The van der Waals surface area contributed by atoms with Gasteiger partial charge in [0.15, 0.2) is 0 Å². The minimum absolute atomic E-state index is 0.0190. The molecule has 4 rings (SSSR count). The molecule has 0 atom stereocenters. The zero-order chi connectivity index (χ0) is 26.0. The van der Waals surface area contributed by atoms with Crippen molar-refractivity contribution in [1.82, 2.24) is 9.80 Å². The number of benzene rings is 2. The summed E-state index contributed by atoms with van der Waals surface area (Å²) in [4.78, 5) is 32.0. The molecule has 0 spiro atoms. The fourth-order valence-electron chi connectivity index (χ4n) is 4.71. The first-order valence-corrected chi connectivity index (χ1v) is 13.6. The molecule has 1 aromatic heterocycles. The molecule has 3 amide bonds. The zero-order valence-electron chi connectivity index (χ0n) is 21.5. The maximum absolute atomic E-state index is 13.8. The summed E-state index contributed by atoms with van der Waals surface area (Å²) in [5, 5.41) is 5.01. The average Bonchev–Trinajstić information content (AvgIpc) is 3.45. The smallest absolute Gasteiger partial charge is 0.322 e. The Morgan fingerprint density at radius 2 is 1.62 bits per heavy atom. The summed E-state index contributed by atoms with van der Waals surface area (Å²) in [5.74, 6) is 1.10. The number of hydrogen-bond donors (Lipinski definition) is 1. The molecule has 1 aliphatic rings. The summed E-state index contributed by atoms with van der Waals surface area (Å²) < 4.78 is 10.7. The summed E-state index contributed by atoms with van der Waals surface area (Å²) in [7, 11) is 3.14. The van der Waals surface area contributed by atoms with E-state index in [1.807, 2.05) is 52.7 Å². The molecular weight excluding hydrogens is 486 g/mol. The van der Waals surface area contributed by atoms with Gasteiger partial charge in [0.2, 0.25) is 5.91 Å². The van der Waals surface area contributed by atoms with Crippen molar-refractivity contribution in [2.24, 2.45) is 0 Å². The van der Waals surface area contributed by atoms with Gasteiger partial charge in [0.1, 0.15) is 18.0 Å². The van der Waals surface area contributed by atoms with E-state index >= 15 is 0 Å². The van der Waals surface area contributed by atoms with E-state index in [0.717, 1.165) is 42.5 Å². The highest BCUT2D eigenvalue weighted by Crippen LogP contribution is 2.28. The Hall–Kier alpha value is -3.52. The number of nitrogens with zero attached hydrogens (tertiary/aromatic N) is 2. The van der Waals surface area contributed by atoms with Crippen molar-refractivity contribution >= 4 is 29.0 Å².